The van der Waals surface area contributed by atoms with Gasteiger partial charge in [0, 0.05) is 13.1 Å². The fourth-order valence-corrected chi connectivity index (χ4v) is 2.45. The molecule has 0 heterocycles. The lowest BCUT2D eigenvalue weighted by atomic mass is 10.4. The predicted molar refractivity (Wildman–Crippen MR) is 57.5 cm³/mol. The highest BCUT2D eigenvalue weighted by Gasteiger charge is 2.20. The largest absolute Gasteiger partial charge is 0.396 e. The van der Waals surface area contributed by atoms with Crippen LogP contribution in [0.1, 0.15) is 19.8 Å². The fourth-order valence-electron chi connectivity index (χ4n) is 0.912. The summed E-state index contributed by atoms with van der Waals surface area (Å²) >= 11 is 0. The van der Waals surface area contributed by atoms with Crippen molar-refractivity contribution in [2.75, 3.05) is 32.5 Å². The van der Waals surface area contributed by atoms with Crippen molar-refractivity contribution in [1.29, 1.82) is 0 Å². The lowest BCUT2D eigenvalue weighted by Gasteiger charge is -2.18. The SMILES string of the molecule is CCCCOP(=O)(CCO)NCCN. The number of nitrogens with two attached hydrogens (primary N) is 1. The van der Waals surface area contributed by atoms with E-state index in [1.54, 1.807) is 0 Å². The molecule has 0 aliphatic carbocycles. The molecule has 4 N–H and O–H groups in total. The lowest BCUT2D eigenvalue weighted by molar-refractivity contribution is 0.278. The number of unbranched alkanes of at least 4 members (excludes halogenated alkanes) is 1. The van der Waals surface area contributed by atoms with Crippen molar-refractivity contribution >= 4 is 7.52 Å². The van der Waals surface area contributed by atoms with E-state index in [2.05, 4.69) is 5.09 Å². The van der Waals surface area contributed by atoms with E-state index in [4.69, 9.17) is 15.4 Å². The van der Waals surface area contributed by atoms with E-state index in [9.17, 15) is 4.57 Å². The molecule has 0 saturated heterocycles. The van der Waals surface area contributed by atoms with Crippen LogP contribution in [0.15, 0.2) is 0 Å². The Morgan fingerprint density at radius 3 is 2.79 bits per heavy atom. The van der Waals surface area contributed by atoms with Gasteiger partial charge in [0.25, 0.3) is 7.52 Å². The highest BCUT2D eigenvalue weighted by molar-refractivity contribution is 7.56. The minimum atomic E-state index is -2.85. The summed E-state index contributed by atoms with van der Waals surface area (Å²) in [4.78, 5) is 0. The molecular formula is C8H21N2O3P. The first kappa shape index (κ1) is 14.1. The highest BCUT2D eigenvalue weighted by atomic mass is 31.2. The van der Waals surface area contributed by atoms with E-state index in [1.165, 1.54) is 0 Å². The van der Waals surface area contributed by atoms with Crippen LogP contribution in [-0.2, 0) is 9.09 Å². The van der Waals surface area contributed by atoms with Gasteiger partial charge in [-0.1, -0.05) is 13.3 Å². The summed E-state index contributed by atoms with van der Waals surface area (Å²) in [6.45, 7) is 3.22. The van der Waals surface area contributed by atoms with E-state index in [0.717, 1.165) is 12.8 Å². The van der Waals surface area contributed by atoms with Crippen LogP contribution < -0.4 is 10.8 Å². The molecule has 6 heteroatoms. The summed E-state index contributed by atoms with van der Waals surface area (Å²) < 4.78 is 17.1. The normalized spacial score (nSPS) is 15.4. The Balaban J connectivity index is 3.89. The molecule has 0 aliphatic heterocycles. The first-order chi connectivity index (χ1) is 6.68. The van der Waals surface area contributed by atoms with E-state index in [0.29, 0.717) is 19.7 Å². The Kier molecular flexibility index (Phi) is 8.43. The molecule has 14 heavy (non-hydrogen) atoms. The van der Waals surface area contributed by atoms with Crippen LogP contribution in [0.4, 0.5) is 0 Å². The summed E-state index contributed by atoms with van der Waals surface area (Å²) in [6, 6.07) is 0. The molecule has 0 aromatic carbocycles. The van der Waals surface area contributed by atoms with Crippen LogP contribution in [0.2, 0.25) is 0 Å². The van der Waals surface area contributed by atoms with Crippen molar-refractivity contribution in [3.05, 3.63) is 0 Å². The molecule has 0 aromatic rings. The third kappa shape index (κ3) is 6.51. The maximum atomic E-state index is 11.9. The van der Waals surface area contributed by atoms with Gasteiger partial charge >= 0.3 is 0 Å². The number of hydrogen-bond donors (Lipinski definition) is 3. The van der Waals surface area contributed by atoms with Gasteiger partial charge in [0.05, 0.1) is 19.4 Å². The molecule has 0 rings (SSSR count). The average Bonchev–Trinajstić information content (AvgIpc) is 2.16. The zero-order chi connectivity index (χ0) is 10.9. The maximum absolute atomic E-state index is 11.9. The number of rotatable bonds is 9. The van der Waals surface area contributed by atoms with Crippen LogP contribution in [-0.4, -0.2) is 37.6 Å². The second-order valence-corrected chi connectivity index (χ2v) is 5.37. The van der Waals surface area contributed by atoms with E-state index in [1.807, 2.05) is 6.92 Å². The Bertz CT molecular complexity index is 178. The Morgan fingerprint density at radius 1 is 1.57 bits per heavy atom. The third-order valence-corrected chi connectivity index (χ3v) is 3.78. The Hall–Kier alpha value is 0.0700. The molecule has 0 saturated carbocycles. The molecule has 1 unspecified atom stereocenters. The van der Waals surface area contributed by atoms with Crippen molar-refractivity contribution in [3.8, 4) is 0 Å². The van der Waals surface area contributed by atoms with Gasteiger partial charge in [-0.05, 0) is 6.42 Å². The minimum absolute atomic E-state index is 0.138. The first-order valence-electron chi connectivity index (χ1n) is 4.98. The van der Waals surface area contributed by atoms with Crippen molar-refractivity contribution < 1.29 is 14.2 Å². The van der Waals surface area contributed by atoms with Gasteiger partial charge in [0.1, 0.15) is 0 Å². The quantitative estimate of drug-likeness (QED) is 0.393. The summed E-state index contributed by atoms with van der Waals surface area (Å²) in [5.41, 5.74) is 5.29. The minimum Gasteiger partial charge on any atom is -0.396 e. The van der Waals surface area contributed by atoms with Crippen molar-refractivity contribution in [1.82, 2.24) is 5.09 Å². The summed E-state index contributed by atoms with van der Waals surface area (Å²) in [5.74, 6) is 0. The van der Waals surface area contributed by atoms with Crippen molar-refractivity contribution in [2.24, 2.45) is 5.73 Å². The molecule has 86 valence electrons. The van der Waals surface area contributed by atoms with Gasteiger partial charge in [0.2, 0.25) is 0 Å². The fraction of sp³-hybridized carbons (Fsp3) is 1.00. The summed E-state index contributed by atoms with van der Waals surface area (Å²) in [6.07, 6.45) is 2.02. The predicted octanol–water partition coefficient (Wildman–Crippen LogP) is 0.537. The van der Waals surface area contributed by atoms with Gasteiger partial charge < -0.3 is 15.4 Å². The third-order valence-electron chi connectivity index (χ3n) is 1.69. The molecule has 0 radical (unpaired) electrons. The van der Waals surface area contributed by atoms with Gasteiger partial charge in [-0.3, -0.25) is 4.57 Å². The van der Waals surface area contributed by atoms with Gasteiger partial charge in [0.15, 0.2) is 0 Å². The lowest BCUT2D eigenvalue weighted by Crippen LogP contribution is -2.23. The summed E-state index contributed by atoms with van der Waals surface area (Å²) in [5, 5.41) is 11.5. The second kappa shape index (κ2) is 8.38. The molecule has 0 aromatic heterocycles. The first-order valence-corrected chi connectivity index (χ1v) is 6.79. The number of aliphatic hydroxyl groups is 1. The smallest absolute Gasteiger partial charge is 0.272 e. The van der Waals surface area contributed by atoms with Crippen LogP contribution in [0.3, 0.4) is 0 Å². The van der Waals surface area contributed by atoms with Gasteiger partial charge in [-0.15, -0.1) is 0 Å². The Morgan fingerprint density at radius 2 is 2.29 bits per heavy atom. The molecule has 0 spiro atoms. The topological polar surface area (TPSA) is 84.6 Å². The van der Waals surface area contributed by atoms with E-state index in [-0.39, 0.29) is 12.8 Å². The van der Waals surface area contributed by atoms with Crippen molar-refractivity contribution in [3.63, 3.8) is 0 Å². The second-order valence-electron chi connectivity index (χ2n) is 3.00. The zero-order valence-electron chi connectivity index (χ0n) is 8.74. The average molecular weight is 224 g/mol. The number of hydrogen-bond acceptors (Lipinski definition) is 4. The molecule has 0 aliphatic rings. The molecular weight excluding hydrogens is 203 g/mol. The van der Waals surface area contributed by atoms with E-state index < -0.39 is 7.52 Å². The number of aliphatic hydroxyl groups excluding tert-OH is 1. The molecule has 0 fully saturated rings. The van der Waals surface area contributed by atoms with Gasteiger partial charge in [-0.2, -0.15) is 0 Å². The molecule has 0 bridgehead atoms. The molecule has 5 nitrogen and oxygen atoms in total. The van der Waals surface area contributed by atoms with Crippen LogP contribution in [0, 0.1) is 0 Å². The van der Waals surface area contributed by atoms with Crippen LogP contribution in [0.25, 0.3) is 0 Å². The van der Waals surface area contributed by atoms with Crippen LogP contribution in [0.5, 0.6) is 0 Å². The maximum Gasteiger partial charge on any atom is 0.272 e. The zero-order valence-corrected chi connectivity index (χ0v) is 9.63. The summed E-state index contributed by atoms with van der Waals surface area (Å²) in [7, 11) is -2.85. The molecule has 0 amide bonds. The number of nitrogens with one attached hydrogen (secondary N) is 1. The Labute approximate surface area is 85.5 Å². The highest BCUT2D eigenvalue weighted by Crippen LogP contribution is 2.41. The van der Waals surface area contributed by atoms with Gasteiger partial charge in [-0.25, -0.2) is 5.09 Å². The van der Waals surface area contributed by atoms with Crippen molar-refractivity contribution in [2.45, 2.75) is 19.8 Å². The monoisotopic (exact) mass is 224 g/mol. The molecule has 1 atom stereocenters. The van der Waals surface area contributed by atoms with E-state index >= 15 is 0 Å². The van der Waals surface area contributed by atoms with Crippen LogP contribution >= 0.6 is 7.52 Å². The standard InChI is InChI=1S/C8H21N2O3P/c1-2-3-7-13-14(12,8-6-11)10-5-4-9/h11H,2-9H2,1H3,(H,10,12).